The van der Waals surface area contributed by atoms with E-state index in [9.17, 15) is 0 Å². The molecule has 4 heteroatoms. The van der Waals surface area contributed by atoms with Crippen LogP contribution in [0.4, 0.5) is 0 Å². The molecule has 2 heterocycles. The zero-order valence-corrected chi connectivity index (χ0v) is 9.21. The van der Waals surface area contributed by atoms with Gasteiger partial charge in [0.1, 0.15) is 4.60 Å². The number of H-pyrrole nitrogens is 1. The van der Waals surface area contributed by atoms with Gasteiger partial charge in [0.15, 0.2) is 5.65 Å². The molecule has 0 atom stereocenters. The van der Waals surface area contributed by atoms with Crippen LogP contribution in [0.5, 0.6) is 0 Å². The maximum absolute atomic E-state index is 4.31. The molecule has 0 unspecified atom stereocenters. The van der Waals surface area contributed by atoms with Crippen molar-refractivity contribution in [3.05, 3.63) is 22.4 Å². The second kappa shape index (κ2) is 3.05. The zero-order chi connectivity index (χ0) is 9.54. The minimum absolute atomic E-state index is 0.683. The Kier molecular flexibility index (Phi) is 1.83. The molecule has 3 nitrogen and oxygen atoms in total. The highest BCUT2D eigenvalue weighted by molar-refractivity contribution is 9.10. The van der Waals surface area contributed by atoms with Crippen molar-refractivity contribution in [2.75, 3.05) is 0 Å². The maximum Gasteiger partial charge on any atom is 0.182 e. The van der Waals surface area contributed by atoms with Gasteiger partial charge < -0.3 is 0 Å². The van der Waals surface area contributed by atoms with Crippen LogP contribution in [0.2, 0.25) is 0 Å². The van der Waals surface area contributed by atoms with Crippen molar-refractivity contribution in [2.24, 2.45) is 0 Å². The number of nitrogens with zero attached hydrogens (tertiary/aromatic N) is 2. The molecule has 0 aliphatic heterocycles. The fraction of sp³-hybridized carbons (Fsp3) is 0.400. The minimum Gasteiger partial charge on any atom is -0.279 e. The SMILES string of the molecule is Brc1ccc2c(C3CCC3)[nH]nc2n1. The monoisotopic (exact) mass is 251 g/mol. The summed E-state index contributed by atoms with van der Waals surface area (Å²) in [6.45, 7) is 0. The van der Waals surface area contributed by atoms with Crippen molar-refractivity contribution in [3.8, 4) is 0 Å². The van der Waals surface area contributed by atoms with Crippen LogP contribution in [0.3, 0.4) is 0 Å². The third kappa shape index (κ3) is 1.17. The molecule has 0 saturated heterocycles. The fourth-order valence-corrected chi connectivity index (χ4v) is 2.20. The number of pyridine rings is 1. The molecule has 0 aromatic carbocycles. The Morgan fingerprint density at radius 1 is 1.36 bits per heavy atom. The van der Waals surface area contributed by atoms with Gasteiger partial charge in [0.25, 0.3) is 0 Å². The molecule has 2 aromatic heterocycles. The molecule has 0 bridgehead atoms. The summed E-state index contributed by atoms with van der Waals surface area (Å²) in [5.41, 5.74) is 2.09. The lowest BCUT2D eigenvalue weighted by molar-refractivity contribution is 0.413. The largest absolute Gasteiger partial charge is 0.279 e. The third-order valence-electron chi connectivity index (χ3n) is 2.93. The number of aromatic amines is 1. The van der Waals surface area contributed by atoms with Gasteiger partial charge in [-0.15, -0.1) is 0 Å². The van der Waals surface area contributed by atoms with Crippen LogP contribution in [0.1, 0.15) is 30.9 Å². The molecule has 1 aliphatic rings. The summed E-state index contributed by atoms with van der Waals surface area (Å²) >= 11 is 3.34. The summed E-state index contributed by atoms with van der Waals surface area (Å²) in [7, 11) is 0. The van der Waals surface area contributed by atoms with E-state index in [0.29, 0.717) is 5.92 Å². The highest BCUT2D eigenvalue weighted by Crippen LogP contribution is 2.38. The van der Waals surface area contributed by atoms with Gasteiger partial charge >= 0.3 is 0 Å². The highest BCUT2D eigenvalue weighted by Gasteiger charge is 2.23. The van der Waals surface area contributed by atoms with Crippen molar-refractivity contribution in [1.29, 1.82) is 0 Å². The van der Waals surface area contributed by atoms with Crippen LogP contribution in [-0.2, 0) is 0 Å². The van der Waals surface area contributed by atoms with Gasteiger partial charge in [0.05, 0.1) is 0 Å². The van der Waals surface area contributed by atoms with E-state index >= 15 is 0 Å². The van der Waals surface area contributed by atoms with E-state index in [4.69, 9.17) is 0 Å². The molecule has 72 valence electrons. The second-order valence-corrected chi connectivity index (χ2v) is 4.58. The third-order valence-corrected chi connectivity index (χ3v) is 3.37. The number of hydrogen-bond acceptors (Lipinski definition) is 2. The second-order valence-electron chi connectivity index (χ2n) is 3.77. The van der Waals surface area contributed by atoms with Crippen LogP contribution in [-0.4, -0.2) is 15.2 Å². The van der Waals surface area contributed by atoms with Gasteiger partial charge in [-0.05, 0) is 40.9 Å². The van der Waals surface area contributed by atoms with Crippen LogP contribution in [0, 0.1) is 0 Å². The maximum atomic E-state index is 4.31. The van der Waals surface area contributed by atoms with E-state index in [0.717, 1.165) is 10.3 Å². The standard InChI is InChI=1S/C10H10BrN3/c11-8-5-4-7-9(6-2-1-3-6)13-14-10(7)12-8/h4-6H,1-3H2,(H,12,13,14). The molecule has 0 amide bonds. The van der Waals surface area contributed by atoms with Crippen molar-refractivity contribution < 1.29 is 0 Å². The predicted octanol–water partition coefficient (Wildman–Crippen LogP) is 2.99. The molecule has 1 N–H and O–H groups in total. The van der Waals surface area contributed by atoms with Gasteiger partial charge in [-0.2, -0.15) is 5.10 Å². The summed E-state index contributed by atoms with van der Waals surface area (Å²) in [5, 5.41) is 8.50. The first kappa shape index (κ1) is 8.41. The zero-order valence-electron chi connectivity index (χ0n) is 7.63. The molecular formula is C10H10BrN3. The summed E-state index contributed by atoms with van der Waals surface area (Å²) in [5.74, 6) is 0.683. The summed E-state index contributed by atoms with van der Waals surface area (Å²) < 4.78 is 0.844. The summed E-state index contributed by atoms with van der Waals surface area (Å²) in [6, 6.07) is 4.06. The first-order chi connectivity index (χ1) is 6.84. The van der Waals surface area contributed by atoms with Gasteiger partial charge in [0, 0.05) is 17.0 Å². The fourth-order valence-electron chi connectivity index (χ4n) is 1.90. The van der Waals surface area contributed by atoms with Gasteiger partial charge in [-0.3, -0.25) is 5.10 Å². The Morgan fingerprint density at radius 2 is 2.21 bits per heavy atom. The minimum atomic E-state index is 0.683. The number of fused-ring (bicyclic) bond motifs is 1. The van der Waals surface area contributed by atoms with Crippen molar-refractivity contribution in [3.63, 3.8) is 0 Å². The molecule has 1 saturated carbocycles. The first-order valence-corrected chi connectivity index (χ1v) is 5.64. The van der Waals surface area contributed by atoms with Crippen LogP contribution in [0.25, 0.3) is 11.0 Å². The average Bonchev–Trinajstić information content (AvgIpc) is 2.45. The smallest absolute Gasteiger partial charge is 0.182 e. The number of halogens is 1. The summed E-state index contributed by atoms with van der Waals surface area (Å²) in [6.07, 6.45) is 3.91. The summed E-state index contributed by atoms with van der Waals surface area (Å²) in [4.78, 5) is 4.31. The van der Waals surface area contributed by atoms with Crippen molar-refractivity contribution in [1.82, 2.24) is 15.2 Å². The van der Waals surface area contributed by atoms with E-state index in [2.05, 4.69) is 37.2 Å². The van der Waals surface area contributed by atoms with Gasteiger partial charge in [-0.25, -0.2) is 4.98 Å². The van der Waals surface area contributed by atoms with Gasteiger partial charge in [-0.1, -0.05) is 6.42 Å². The van der Waals surface area contributed by atoms with Gasteiger partial charge in [0.2, 0.25) is 0 Å². The first-order valence-electron chi connectivity index (χ1n) is 4.85. The number of nitrogens with one attached hydrogen (secondary N) is 1. The lowest BCUT2D eigenvalue weighted by atomic mass is 9.82. The normalized spacial score (nSPS) is 17.2. The Labute approximate surface area is 90.1 Å². The number of aromatic nitrogens is 3. The van der Waals surface area contributed by atoms with Crippen LogP contribution in [0.15, 0.2) is 16.7 Å². The lowest BCUT2D eigenvalue weighted by Crippen LogP contribution is -2.09. The van der Waals surface area contributed by atoms with Crippen LogP contribution < -0.4 is 0 Å². The van der Waals surface area contributed by atoms with E-state index in [-0.39, 0.29) is 0 Å². The Morgan fingerprint density at radius 3 is 2.93 bits per heavy atom. The van der Waals surface area contributed by atoms with E-state index in [1.165, 1.54) is 30.3 Å². The number of hydrogen-bond donors (Lipinski definition) is 1. The molecule has 1 fully saturated rings. The highest BCUT2D eigenvalue weighted by atomic mass is 79.9. The van der Waals surface area contributed by atoms with E-state index in [1.54, 1.807) is 0 Å². The van der Waals surface area contributed by atoms with E-state index < -0.39 is 0 Å². The Balaban J connectivity index is 2.16. The predicted molar refractivity (Wildman–Crippen MR) is 58.2 cm³/mol. The van der Waals surface area contributed by atoms with Crippen LogP contribution >= 0.6 is 15.9 Å². The molecule has 14 heavy (non-hydrogen) atoms. The quantitative estimate of drug-likeness (QED) is 0.792. The molecule has 1 aliphatic carbocycles. The molecular weight excluding hydrogens is 242 g/mol. The average molecular weight is 252 g/mol. The Hall–Kier alpha value is -0.900. The molecule has 0 radical (unpaired) electrons. The topological polar surface area (TPSA) is 41.6 Å². The number of rotatable bonds is 1. The van der Waals surface area contributed by atoms with E-state index in [1.807, 2.05) is 6.07 Å². The Bertz CT molecular complexity index is 473. The molecule has 3 rings (SSSR count). The lowest BCUT2D eigenvalue weighted by Gasteiger charge is -2.23. The van der Waals surface area contributed by atoms with Crippen molar-refractivity contribution in [2.45, 2.75) is 25.2 Å². The van der Waals surface area contributed by atoms with Crippen molar-refractivity contribution >= 4 is 27.0 Å². The molecule has 0 spiro atoms. The molecule has 2 aromatic rings.